The fourth-order valence-corrected chi connectivity index (χ4v) is 2.84. The van der Waals surface area contributed by atoms with Crippen molar-refractivity contribution in [2.45, 2.75) is 12.1 Å². The smallest absolute Gasteiger partial charge is 0.302 e. The first-order valence-corrected chi connectivity index (χ1v) is 8.21. The summed E-state index contributed by atoms with van der Waals surface area (Å²) in [4.78, 5) is 18.5. The third kappa shape index (κ3) is 3.78. The van der Waals surface area contributed by atoms with E-state index in [1.54, 1.807) is 18.0 Å². The normalized spacial score (nSPS) is 20.9. The number of hydrogen-bond acceptors (Lipinski definition) is 6. The van der Waals surface area contributed by atoms with Crippen LogP contribution in [-0.2, 0) is 16.6 Å². The van der Waals surface area contributed by atoms with Crippen LogP contribution in [0.15, 0.2) is 35.3 Å². The summed E-state index contributed by atoms with van der Waals surface area (Å²) in [6, 6.07) is -0.380. The van der Waals surface area contributed by atoms with Gasteiger partial charge in [0.05, 0.1) is 19.9 Å². The summed E-state index contributed by atoms with van der Waals surface area (Å²) in [5, 5.41) is 10.1. The van der Waals surface area contributed by atoms with E-state index in [0.29, 0.717) is 12.5 Å². The van der Waals surface area contributed by atoms with E-state index in [9.17, 15) is 4.79 Å². The molecule has 2 aliphatic rings. The maximum Gasteiger partial charge on any atom is 0.302 e. The molecule has 1 aromatic rings. The van der Waals surface area contributed by atoms with Crippen LogP contribution < -0.4 is 10.6 Å². The maximum absolute atomic E-state index is 12.0. The van der Waals surface area contributed by atoms with Gasteiger partial charge in [0.2, 0.25) is 0 Å². The van der Waals surface area contributed by atoms with Gasteiger partial charge < -0.3 is 10.1 Å². The molecule has 2 atom stereocenters. The Morgan fingerprint density at radius 3 is 2.92 bits per heavy atom. The zero-order valence-electron chi connectivity index (χ0n) is 15.3. The van der Waals surface area contributed by atoms with Gasteiger partial charge in [-0.15, -0.1) is 0 Å². The van der Waals surface area contributed by atoms with Gasteiger partial charge >= 0.3 is 5.91 Å². The molecule has 3 rings (SSSR count). The Balaban J connectivity index is 1.78. The zero-order valence-corrected chi connectivity index (χ0v) is 15.3. The van der Waals surface area contributed by atoms with Gasteiger partial charge in [-0.1, -0.05) is 12.0 Å². The van der Waals surface area contributed by atoms with Crippen LogP contribution in [0.3, 0.4) is 0 Å². The Kier molecular flexibility index (Phi) is 5.09. The molecule has 2 N–H and O–H groups in total. The first kappa shape index (κ1) is 17.8. The summed E-state index contributed by atoms with van der Waals surface area (Å²) >= 11 is 0. The van der Waals surface area contributed by atoms with Crippen LogP contribution in [0.1, 0.15) is 5.56 Å². The van der Waals surface area contributed by atoms with E-state index in [2.05, 4.69) is 32.6 Å². The van der Waals surface area contributed by atoms with E-state index in [1.807, 2.05) is 44.4 Å². The Morgan fingerprint density at radius 1 is 1.46 bits per heavy atom. The number of aryl methyl sites for hydroxylation is 1. The van der Waals surface area contributed by atoms with Crippen molar-refractivity contribution < 1.29 is 9.53 Å². The molecule has 1 aromatic heterocycles. The number of carbonyl (C=O) groups excluding carboxylic acids is 1. The van der Waals surface area contributed by atoms with E-state index in [4.69, 9.17) is 4.74 Å². The van der Waals surface area contributed by atoms with Crippen molar-refractivity contribution in [2.75, 3.05) is 27.7 Å². The minimum absolute atomic E-state index is 0.176. The predicted octanol–water partition coefficient (Wildman–Crippen LogP) is -0.275. The van der Waals surface area contributed by atoms with Crippen molar-refractivity contribution in [1.29, 1.82) is 0 Å². The van der Waals surface area contributed by atoms with Gasteiger partial charge in [0.15, 0.2) is 5.96 Å². The Morgan fingerprint density at radius 2 is 2.27 bits per heavy atom. The Bertz CT molecular complexity index is 853. The molecule has 0 bridgehead atoms. The molecule has 8 nitrogen and oxygen atoms in total. The molecule has 0 aromatic carbocycles. The van der Waals surface area contributed by atoms with Crippen molar-refractivity contribution in [2.24, 2.45) is 12.0 Å². The van der Waals surface area contributed by atoms with Crippen LogP contribution in [0, 0.1) is 11.8 Å². The molecule has 0 fully saturated rings. The topological polar surface area (TPSA) is 83.8 Å². The number of carbonyl (C=O) groups is 1. The Labute approximate surface area is 152 Å². The number of fused-ring (bicyclic) bond motifs is 1. The third-order valence-corrected chi connectivity index (χ3v) is 4.03. The predicted molar refractivity (Wildman–Crippen MR) is 98.9 cm³/mol. The van der Waals surface area contributed by atoms with E-state index in [0.717, 1.165) is 16.9 Å². The molecular formula is C18H22N6O2. The first-order valence-electron chi connectivity index (χ1n) is 8.21. The second-order valence-corrected chi connectivity index (χ2v) is 6.34. The van der Waals surface area contributed by atoms with E-state index in [1.165, 1.54) is 0 Å². The molecule has 1 aliphatic heterocycles. The number of methoxy groups -OCH3 is 1. The minimum Gasteiger partial charge on any atom is -0.499 e. The summed E-state index contributed by atoms with van der Waals surface area (Å²) in [5.74, 6) is 6.11. The molecule has 0 spiro atoms. The number of ether oxygens (including phenoxy) is 1. The summed E-state index contributed by atoms with van der Waals surface area (Å²) in [5.41, 5.74) is 2.00. The molecule has 1 amide bonds. The van der Waals surface area contributed by atoms with E-state index >= 15 is 0 Å². The summed E-state index contributed by atoms with van der Waals surface area (Å²) in [7, 11) is 7.28. The fraction of sp³-hybridized carbons (Fsp3) is 0.389. The minimum atomic E-state index is -0.397. The van der Waals surface area contributed by atoms with Crippen LogP contribution in [0.2, 0.25) is 0 Å². The SMILES string of the molecule is COC1=CC=C(c2cnn(C)c2)C2N=C(NC(=O)C#CCN(C)C)NC12. The number of guanidine groups is 1. The molecule has 136 valence electrons. The quantitative estimate of drug-likeness (QED) is 0.730. The maximum atomic E-state index is 12.0. The van der Waals surface area contributed by atoms with Gasteiger partial charge in [0.1, 0.15) is 17.8 Å². The van der Waals surface area contributed by atoms with Crippen molar-refractivity contribution >= 4 is 17.4 Å². The third-order valence-electron chi connectivity index (χ3n) is 4.03. The van der Waals surface area contributed by atoms with E-state index < -0.39 is 5.91 Å². The van der Waals surface area contributed by atoms with E-state index in [-0.39, 0.29) is 12.1 Å². The van der Waals surface area contributed by atoms with Crippen LogP contribution in [-0.4, -0.2) is 66.4 Å². The largest absolute Gasteiger partial charge is 0.499 e. The molecule has 26 heavy (non-hydrogen) atoms. The first-order chi connectivity index (χ1) is 12.5. The highest BCUT2D eigenvalue weighted by Crippen LogP contribution is 2.32. The number of aliphatic imine (C=N–C) groups is 1. The Hall–Kier alpha value is -3.05. The van der Waals surface area contributed by atoms with Crippen molar-refractivity contribution in [3.05, 3.63) is 35.9 Å². The summed E-state index contributed by atoms with van der Waals surface area (Å²) in [6.45, 7) is 0.517. The van der Waals surface area contributed by atoms with Crippen LogP contribution in [0.5, 0.6) is 0 Å². The lowest BCUT2D eigenvalue weighted by atomic mass is 9.90. The lowest BCUT2D eigenvalue weighted by Gasteiger charge is -2.25. The number of nitrogens with zero attached hydrogens (tertiary/aromatic N) is 4. The highest BCUT2D eigenvalue weighted by Gasteiger charge is 2.38. The van der Waals surface area contributed by atoms with Crippen LogP contribution in [0.25, 0.3) is 5.57 Å². The number of amides is 1. The molecular weight excluding hydrogens is 332 g/mol. The zero-order chi connectivity index (χ0) is 18.7. The highest BCUT2D eigenvalue weighted by atomic mass is 16.5. The molecule has 1 aliphatic carbocycles. The van der Waals surface area contributed by atoms with Crippen molar-refractivity contribution in [1.82, 2.24) is 25.3 Å². The van der Waals surface area contributed by atoms with Crippen molar-refractivity contribution in [3.63, 3.8) is 0 Å². The second-order valence-electron chi connectivity index (χ2n) is 6.34. The molecule has 0 saturated heterocycles. The van der Waals surface area contributed by atoms with Crippen LogP contribution in [0.4, 0.5) is 0 Å². The van der Waals surface area contributed by atoms with Gasteiger partial charge in [0, 0.05) is 18.8 Å². The fourth-order valence-electron chi connectivity index (χ4n) is 2.84. The highest BCUT2D eigenvalue weighted by molar-refractivity contribution is 6.06. The average molecular weight is 354 g/mol. The summed E-state index contributed by atoms with van der Waals surface area (Å²) < 4.78 is 7.20. The lowest BCUT2D eigenvalue weighted by Crippen LogP contribution is -2.44. The molecule has 2 heterocycles. The number of nitrogens with one attached hydrogen (secondary N) is 2. The summed E-state index contributed by atoms with van der Waals surface area (Å²) in [6.07, 6.45) is 7.62. The van der Waals surface area contributed by atoms with Crippen molar-refractivity contribution in [3.8, 4) is 11.8 Å². The average Bonchev–Trinajstić information content (AvgIpc) is 3.19. The standard InChI is InChI=1S/C18H22N6O2/c1-23(2)9-5-6-15(25)20-18-21-16-13(12-10-19-24(3)11-12)7-8-14(26-4)17(16)22-18/h7-8,10-11,16-17H,9H2,1-4H3,(H2,20,21,22,25). The number of allylic oxidation sites excluding steroid dienone is 2. The van der Waals surface area contributed by atoms with Gasteiger partial charge in [-0.25, -0.2) is 4.99 Å². The van der Waals surface area contributed by atoms with Gasteiger partial charge in [0.25, 0.3) is 0 Å². The van der Waals surface area contributed by atoms with Crippen LogP contribution >= 0.6 is 0 Å². The van der Waals surface area contributed by atoms with Gasteiger partial charge in [-0.05, 0) is 31.7 Å². The molecule has 2 unspecified atom stereocenters. The number of hydrogen-bond donors (Lipinski definition) is 2. The number of rotatable bonds is 3. The molecule has 8 heteroatoms. The lowest BCUT2D eigenvalue weighted by molar-refractivity contribution is -0.114. The molecule has 0 saturated carbocycles. The monoisotopic (exact) mass is 354 g/mol. The van der Waals surface area contributed by atoms with Gasteiger partial charge in [-0.3, -0.25) is 19.7 Å². The number of aromatic nitrogens is 2. The molecule has 0 radical (unpaired) electrons. The second kappa shape index (κ2) is 7.45. The van der Waals surface area contributed by atoms with Gasteiger partial charge in [-0.2, -0.15) is 5.10 Å².